The molecule has 0 saturated carbocycles. The average Bonchev–Trinajstić information content (AvgIpc) is 2.40. The summed E-state index contributed by atoms with van der Waals surface area (Å²) >= 11 is 2.99. The summed E-state index contributed by atoms with van der Waals surface area (Å²) in [6, 6.07) is 2.36. The molecule has 0 aliphatic carbocycles. The van der Waals surface area contributed by atoms with E-state index in [0.29, 0.717) is 22.5 Å². The van der Waals surface area contributed by atoms with Gasteiger partial charge in [-0.25, -0.2) is 18.7 Å². The van der Waals surface area contributed by atoms with Crippen LogP contribution in [0, 0.1) is 25.5 Å². The van der Waals surface area contributed by atoms with E-state index in [1.807, 2.05) is 0 Å². The molecule has 0 spiro atoms. The van der Waals surface area contributed by atoms with Crippen LogP contribution in [0.15, 0.2) is 16.6 Å². The Morgan fingerprint density at radius 1 is 1.24 bits per heavy atom. The van der Waals surface area contributed by atoms with Crippen LogP contribution in [0.1, 0.15) is 17.0 Å². The molecule has 0 fully saturated rings. The van der Waals surface area contributed by atoms with Crippen LogP contribution in [-0.2, 0) is 11.2 Å². The van der Waals surface area contributed by atoms with Gasteiger partial charge in [0, 0.05) is 22.5 Å². The summed E-state index contributed by atoms with van der Waals surface area (Å²) in [5.41, 5.74) is 1.82. The SMILES string of the molecule is Cc1nc(-c2ccc(F)c(F)c2Br)nc(C)c1CC(=O)O. The van der Waals surface area contributed by atoms with E-state index in [1.165, 1.54) is 6.07 Å². The van der Waals surface area contributed by atoms with Crippen molar-refractivity contribution in [3.63, 3.8) is 0 Å². The molecule has 1 aromatic carbocycles. The summed E-state index contributed by atoms with van der Waals surface area (Å²) in [6.45, 7) is 3.31. The van der Waals surface area contributed by atoms with Gasteiger partial charge in [-0.15, -0.1) is 0 Å². The topological polar surface area (TPSA) is 63.1 Å². The first kappa shape index (κ1) is 15.5. The van der Waals surface area contributed by atoms with Gasteiger partial charge in [-0.3, -0.25) is 4.79 Å². The highest BCUT2D eigenvalue weighted by Gasteiger charge is 2.17. The zero-order chi connectivity index (χ0) is 15.7. The van der Waals surface area contributed by atoms with Crippen LogP contribution in [0.25, 0.3) is 11.4 Å². The van der Waals surface area contributed by atoms with E-state index in [9.17, 15) is 13.6 Å². The van der Waals surface area contributed by atoms with Crippen LogP contribution < -0.4 is 0 Å². The third kappa shape index (κ3) is 3.07. The number of aromatic nitrogens is 2. The van der Waals surface area contributed by atoms with Crippen molar-refractivity contribution in [2.75, 3.05) is 0 Å². The minimum Gasteiger partial charge on any atom is -0.481 e. The zero-order valence-electron chi connectivity index (χ0n) is 11.2. The Kier molecular flexibility index (Phi) is 4.32. The van der Waals surface area contributed by atoms with Crippen LogP contribution in [0.5, 0.6) is 0 Å². The first-order valence-electron chi connectivity index (χ1n) is 6.01. The van der Waals surface area contributed by atoms with Gasteiger partial charge in [0.05, 0.1) is 10.9 Å². The van der Waals surface area contributed by atoms with Crippen molar-refractivity contribution >= 4 is 21.9 Å². The molecular weight excluding hydrogens is 346 g/mol. The summed E-state index contributed by atoms with van der Waals surface area (Å²) in [4.78, 5) is 19.2. The predicted octanol–water partition coefficient (Wildman–Crippen LogP) is 3.43. The van der Waals surface area contributed by atoms with Crippen LogP contribution in [-0.4, -0.2) is 21.0 Å². The second-order valence-corrected chi connectivity index (χ2v) is 5.28. The Morgan fingerprint density at radius 2 is 1.81 bits per heavy atom. The summed E-state index contributed by atoms with van der Waals surface area (Å²) in [5, 5.41) is 8.86. The molecule has 0 radical (unpaired) electrons. The molecule has 0 saturated heterocycles. The number of carboxylic acid groups (broad SMARTS) is 1. The highest BCUT2D eigenvalue weighted by atomic mass is 79.9. The molecule has 0 bridgehead atoms. The highest BCUT2D eigenvalue weighted by Crippen LogP contribution is 2.30. The molecule has 1 N–H and O–H groups in total. The predicted molar refractivity (Wildman–Crippen MR) is 75.9 cm³/mol. The van der Waals surface area contributed by atoms with Crippen molar-refractivity contribution < 1.29 is 18.7 Å². The van der Waals surface area contributed by atoms with E-state index in [2.05, 4.69) is 25.9 Å². The molecule has 0 aliphatic rings. The monoisotopic (exact) mass is 356 g/mol. The number of halogens is 3. The Hall–Kier alpha value is -1.89. The van der Waals surface area contributed by atoms with Crippen LogP contribution in [0.3, 0.4) is 0 Å². The number of aryl methyl sites for hydroxylation is 2. The van der Waals surface area contributed by atoms with Gasteiger partial charge in [0.25, 0.3) is 0 Å². The third-order valence-electron chi connectivity index (χ3n) is 3.02. The fraction of sp³-hybridized carbons (Fsp3) is 0.214. The van der Waals surface area contributed by atoms with Crippen LogP contribution >= 0.6 is 15.9 Å². The van der Waals surface area contributed by atoms with Crippen LogP contribution in [0.2, 0.25) is 0 Å². The Bertz CT molecular complexity index is 712. The van der Waals surface area contributed by atoms with Gasteiger partial charge in [0.2, 0.25) is 0 Å². The van der Waals surface area contributed by atoms with Gasteiger partial charge in [-0.05, 0) is 41.9 Å². The Balaban J connectivity index is 2.57. The van der Waals surface area contributed by atoms with Gasteiger partial charge < -0.3 is 5.11 Å². The van der Waals surface area contributed by atoms with E-state index in [-0.39, 0.29) is 16.7 Å². The number of hydrogen-bond donors (Lipinski definition) is 1. The zero-order valence-corrected chi connectivity index (χ0v) is 12.8. The van der Waals surface area contributed by atoms with Crippen molar-refractivity contribution in [1.82, 2.24) is 9.97 Å². The molecule has 1 aromatic heterocycles. The number of hydrogen-bond acceptors (Lipinski definition) is 3. The average molecular weight is 357 g/mol. The number of benzene rings is 1. The lowest BCUT2D eigenvalue weighted by Crippen LogP contribution is -2.08. The van der Waals surface area contributed by atoms with Gasteiger partial charge in [-0.1, -0.05) is 0 Å². The molecule has 0 aliphatic heterocycles. The van der Waals surface area contributed by atoms with Crippen molar-refractivity contribution in [3.8, 4) is 11.4 Å². The van der Waals surface area contributed by atoms with E-state index in [4.69, 9.17) is 5.11 Å². The van der Waals surface area contributed by atoms with Crippen molar-refractivity contribution in [3.05, 3.63) is 45.2 Å². The lowest BCUT2D eigenvalue weighted by atomic mass is 10.1. The maximum atomic E-state index is 13.6. The number of nitrogens with zero attached hydrogens (tertiary/aromatic N) is 2. The molecule has 21 heavy (non-hydrogen) atoms. The largest absolute Gasteiger partial charge is 0.481 e. The Labute approximate surface area is 128 Å². The first-order chi connectivity index (χ1) is 9.81. The summed E-state index contributed by atoms with van der Waals surface area (Å²) in [7, 11) is 0. The van der Waals surface area contributed by atoms with Gasteiger partial charge >= 0.3 is 5.97 Å². The van der Waals surface area contributed by atoms with Gasteiger partial charge in [0.1, 0.15) is 0 Å². The van der Waals surface area contributed by atoms with E-state index >= 15 is 0 Å². The molecule has 2 aromatic rings. The van der Waals surface area contributed by atoms with Crippen LogP contribution in [0.4, 0.5) is 8.78 Å². The number of carboxylic acids is 1. The van der Waals surface area contributed by atoms with E-state index in [1.54, 1.807) is 13.8 Å². The van der Waals surface area contributed by atoms with Gasteiger partial charge in [0.15, 0.2) is 17.5 Å². The molecule has 4 nitrogen and oxygen atoms in total. The number of rotatable bonds is 3. The fourth-order valence-corrected chi connectivity index (χ4v) is 2.46. The fourth-order valence-electron chi connectivity index (χ4n) is 1.97. The minimum atomic E-state index is -1.01. The standard InChI is InChI=1S/C14H11BrF2N2O2/c1-6-9(5-11(20)21)7(2)19-14(18-6)8-3-4-10(16)13(17)12(8)15/h3-4H,5H2,1-2H3,(H,20,21). The molecular formula is C14H11BrF2N2O2. The molecule has 0 unspecified atom stereocenters. The van der Waals surface area contributed by atoms with E-state index in [0.717, 1.165) is 6.07 Å². The van der Waals surface area contributed by atoms with Crippen molar-refractivity contribution in [2.45, 2.75) is 20.3 Å². The lowest BCUT2D eigenvalue weighted by molar-refractivity contribution is -0.136. The molecule has 7 heteroatoms. The molecule has 1 heterocycles. The lowest BCUT2D eigenvalue weighted by Gasteiger charge is -2.11. The minimum absolute atomic E-state index is 0.0627. The van der Waals surface area contributed by atoms with Gasteiger partial charge in [-0.2, -0.15) is 0 Å². The molecule has 110 valence electrons. The smallest absolute Gasteiger partial charge is 0.307 e. The highest BCUT2D eigenvalue weighted by molar-refractivity contribution is 9.10. The number of carbonyl (C=O) groups is 1. The Morgan fingerprint density at radius 3 is 2.33 bits per heavy atom. The second kappa shape index (κ2) is 5.85. The van der Waals surface area contributed by atoms with Crippen molar-refractivity contribution in [2.24, 2.45) is 0 Å². The normalized spacial score (nSPS) is 10.7. The number of aliphatic carboxylic acids is 1. The summed E-state index contributed by atoms with van der Waals surface area (Å²) in [5.74, 6) is -2.75. The van der Waals surface area contributed by atoms with Crippen molar-refractivity contribution in [1.29, 1.82) is 0 Å². The first-order valence-corrected chi connectivity index (χ1v) is 6.80. The van der Waals surface area contributed by atoms with E-state index < -0.39 is 17.6 Å². The molecule has 0 atom stereocenters. The quantitative estimate of drug-likeness (QED) is 0.855. The molecule has 0 amide bonds. The maximum absolute atomic E-state index is 13.6. The summed E-state index contributed by atoms with van der Waals surface area (Å²) < 4.78 is 26.6. The summed E-state index contributed by atoms with van der Waals surface area (Å²) in [6.07, 6.45) is -0.184. The molecule has 2 rings (SSSR count). The maximum Gasteiger partial charge on any atom is 0.307 e. The third-order valence-corrected chi connectivity index (χ3v) is 3.80. The second-order valence-electron chi connectivity index (χ2n) is 4.49.